The van der Waals surface area contributed by atoms with E-state index in [1.165, 1.54) is 26.2 Å². The summed E-state index contributed by atoms with van der Waals surface area (Å²) in [7, 11) is 0. The van der Waals surface area contributed by atoms with Crippen LogP contribution in [-0.4, -0.2) is 12.6 Å². The fourth-order valence-corrected chi connectivity index (χ4v) is 1.02. The number of esters is 1. The van der Waals surface area contributed by atoms with Crippen molar-refractivity contribution >= 4 is 5.97 Å². The number of allylic oxidation sites excluding steroid dienone is 1. The number of rotatable bonds is 6. The first-order chi connectivity index (χ1) is 6.16. The summed E-state index contributed by atoms with van der Waals surface area (Å²) in [6, 6.07) is 0. The predicted molar refractivity (Wildman–Crippen MR) is 54.5 cm³/mol. The molecule has 0 aromatic carbocycles. The Hall–Kier alpha value is -0.790. The summed E-state index contributed by atoms with van der Waals surface area (Å²) in [5, 5.41) is 0. The van der Waals surface area contributed by atoms with Gasteiger partial charge in [0.25, 0.3) is 0 Å². The highest BCUT2D eigenvalue weighted by Crippen LogP contribution is 2.03. The van der Waals surface area contributed by atoms with Crippen LogP contribution >= 0.6 is 0 Å². The van der Waals surface area contributed by atoms with E-state index in [0.717, 1.165) is 12.0 Å². The van der Waals surface area contributed by atoms with Crippen molar-refractivity contribution in [3.05, 3.63) is 11.6 Å². The zero-order chi connectivity index (χ0) is 10.1. The fourth-order valence-electron chi connectivity index (χ4n) is 1.02. The van der Waals surface area contributed by atoms with Gasteiger partial charge in [-0.2, -0.15) is 0 Å². The van der Waals surface area contributed by atoms with Crippen LogP contribution < -0.4 is 0 Å². The molecule has 0 N–H and O–H groups in total. The molecule has 0 aliphatic heterocycles. The zero-order valence-corrected chi connectivity index (χ0v) is 8.93. The Morgan fingerprint density at radius 2 is 2.00 bits per heavy atom. The molecule has 0 bridgehead atoms. The maximum absolute atomic E-state index is 10.5. The minimum atomic E-state index is -0.207. The molecule has 2 heteroatoms. The smallest absolute Gasteiger partial charge is 0.302 e. The van der Waals surface area contributed by atoms with E-state index >= 15 is 0 Å². The lowest BCUT2D eigenvalue weighted by Crippen LogP contribution is -2.01. The SMILES string of the molecule is CCCCC/C=C(\C)COC(C)=O. The average molecular weight is 184 g/mol. The van der Waals surface area contributed by atoms with E-state index in [4.69, 9.17) is 4.74 Å². The van der Waals surface area contributed by atoms with Gasteiger partial charge >= 0.3 is 5.97 Å². The Labute approximate surface area is 81.0 Å². The summed E-state index contributed by atoms with van der Waals surface area (Å²) in [5.74, 6) is -0.207. The second kappa shape index (κ2) is 7.84. The standard InChI is InChI=1S/C11H20O2/c1-4-5-6-7-8-10(2)9-13-11(3)12/h8H,4-7,9H2,1-3H3/b10-8+. The van der Waals surface area contributed by atoms with Crippen molar-refractivity contribution in [2.75, 3.05) is 6.61 Å². The third-order valence-electron chi connectivity index (χ3n) is 1.80. The lowest BCUT2D eigenvalue weighted by molar-refractivity contribution is -0.139. The Balaban J connectivity index is 3.45. The van der Waals surface area contributed by atoms with Crippen LogP contribution in [0.3, 0.4) is 0 Å². The third-order valence-corrected chi connectivity index (χ3v) is 1.80. The van der Waals surface area contributed by atoms with Crippen LogP contribution in [0.1, 0.15) is 46.5 Å². The van der Waals surface area contributed by atoms with Gasteiger partial charge in [-0.1, -0.05) is 25.8 Å². The fraction of sp³-hybridized carbons (Fsp3) is 0.727. The number of hydrogen-bond donors (Lipinski definition) is 0. The maximum Gasteiger partial charge on any atom is 0.302 e. The third kappa shape index (κ3) is 9.12. The predicted octanol–water partition coefficient (Wildman–Crippen LogP) is 3.08. The van der Waals surface area contributed by atoms with Gasteiger partial charge in [-0.25, -0.2) is 0 Å². The van der Waals surface area contributed by atoms with Crippen molar-refractivity contribution < 1.29 is 9.53 Å². The molecule has 0 aromatic heterocycles. The van der Waals surface area contributed by atoms with Crippen molar-refractivity contribution in [1.29, 1.82) is 0 Å². The highest BCUT2D eigenvalue weighted by atomic mass is 16.5. The summed E-state index contributed by atoms with van der Waals surface area (Å²) in [5.41, 5.74) is 1.14. The van der Waals surface area contributed by atoms with Crippen molar-refractivity contribution in [3.63, 3.8) is 0 Å². The molecule has 0 radical (unpaired) electrons. The number of carbonyl (C=O) groups excluding carboxylic acids is 1. The van der Waals surface area contributed by atoms with Crippen molar-refractivity contribution in [2.24, 2.45) is 0 Å². The lowest BCUT2D eigenvalue weighted by Gasteiger charge is -2.01. The average Bonchev–Trinajstić information content (AvgIpc) is 2.09. The van der Waals surface area contributed by atoms with Crippen LogP contribution in [0.2, 0.25) is 0 Å². The molecule has 0 saturated heterocycles. The molecule has 2 nitrogen and oxygen atoms in total. The first kappa shape index (κ1) is 12.2. The van der Waals surface area contributed by atoms with Gasteiger partial charge in [0.1, 0.15) is 6.61 Å². The molecule has 0 aliphatic rings. The maximum atomic E-state index is 10.5. The van der Waals surface area contributed by atoms with Crippen LogP contribution in [0.15, 0.2) is 11.6 Å². The molecule has 0 unspecified atom stereocenters. The Morgan fingerprint density at radius 1 is 1.31 bits per heavy atom. The molecule has 0 amide bonds. The molecule has 0 atom stereocenters. The minimum absolute atomic E-state index is 0.207. The van der Waals surface area contributed by atoms with E-state index in [9.17, 15) is 4.79 Å². The van der Waals surface area contributed by atoms with Crippen LogP contribution in [0, 0.1) is 0 Å². The van der Waals surface area contributed by atoms with Gasteiger partial charge in [0.05, 0.1) is 0 Å². The number of hydrogen-bond acceptors (Lipinski definition) is 2. The molecule has 0 fully saturated rings. The zero-order valence-electron chi connectivity index (χ0n) is 8.93. The van der Waals surface area contributed by atoms with Crippen molar-refractivity contribution in [1.82, 2.24) is 0 Å². The second-order valence-electron chi connectivity index (χ2n) is 3.33. The van der Waals surface area contributed by atoms with E-state index in [1.807, 2.05) is 6.92 Å². The quantitative estimate of drug-likeness (QED) is 0.360. The number of carbonyl (C=O) groups is 1. The van der Waals surface area contributed by atoms with E-state index in [1.54, 1.807) is 0 Å². The Bertz CT molecular complexity index is 171. The highest BCUT2D eigenvalue weighted by molar-refractivity contribution is 5.66. The molecule has 0 saturated carbocycles. The largest absolute Gasteiger partial charge is 0.461 e. The summed E-state index contributed by atoms with van der Waals surface area (Å²) in [4.78, 5) is 10.5. The van der Waals surface area contributed by atoms with Gasteiger partial charge in [0.15, 0.2) is 0 Å². The Morgan fingerprint density at radius 3 is 2.54 bits per heavy atom. The first-order valence-electron chi connectivity index (χ1n) is 4.95. The topological polar surface area (TPSA) is 26.3 Å². The highest BCUT2D eigenvalue weighted by Gasteiger charge is 1.93. The van der Waals surface area contributed by atoms with Crippen molar-refractivity contribution in [3.8, 4) is 0 Å². The first-order valence-corrected chi connectivity index (χ1v) is 4.95. The molecule has 0 spiro atoms. The monoisotopic (exact) mass is 184 g/mol. The summed E-state index contributed by atoms with van der Waals surface area (Å²) in [6.45, 7) is 6.07. The molecular weight excluding hydrogens is 164 g/mol. The van der Waals surface area contributed by atoms with E-state index < -0.39 is 0 Å². The Kier molecular flexibility index (Phi) is 7.36. The van der Waals surface area contributed by atoms with Gasteiger partial charge in [0.2, 0.25) is 0 Å². The molecule has 13 heavy (non-hydrogen) atoms. The van der Waals surface area contributed by atoms with Gasteiger partial charge in [-0.3, -0.25) is 4.79 Å². The summed E-state index contributed by atoms with van der Waals surface area (Å²) < 4.78 is 4.85. The van der Waals surface area contributed by atoms with E-state index in [0.29, 0.717) is 6.61 Å². The molecule has 76 valence electrons. The van der Waals surface area contributed by atoms with Crippen LogP contribution in [0.4, 0.5) is 0 Å². The van der Waals surface area contributed by atoms with Gasteiger partial charge in [-0.15, -0.1) is 0 Å². The van der Waals surface area contributed by atoms with E-state index in [-0.39, 0.29) is 5.97 Å². The number of unbranched alkanes of at least 4 members (excludes halogenated alkanes) is 3. The van der Waals surface area contributed by atoms with Crippen LogP contribution in [0.25, 0.3) is 0 Å². The van der Waals surface area contributed by atoms with Gasteiger partial charge in [0, 0.05) is 6.92 Å². The van der Waals surface area contributed by atoms with Gasteiger partial charge < -0.3 is 4.74 Å². The van der Waals surface area contributed by atoms with Crippen LogP contribution in [0.5, 0.6) is 0 Å². The summed E-state index contributed by atoms with van der Waals surface area (Å²) in [6.07, 6.45) is 7.00. The lowest BCUT2D eigenvalue weighted by atomic mass is 10.1. The summed E-state index contributed by atoms with van der Waals surface area (Å²) >= 11 is 0. The molecule has 0 aliphatic carbocycles. The molecule has 0 heterocycles. The van der Waals surface area contributed by atoms with Gasteiger partial charge in [-0.05, 0) is 25.3 Å². The van der Waals surface area contributed by atoms with Crippen molar-refractivity contribution in [2.45, 2.75) is 46.5 Å². The second-order valence-corrected chi connectivity index (χ2v) is 3.33. The normalized spacial score (nSPS) is 11.5. The molecule has 0 aromatic rings. The minimum Gasteiger partial charge on any atom is -0.461 e. The number of ether oxygens (including phenoxy) is 1. The molecular formula is C11H20O2. The van der Waals surface area contributed by atoms with E-state index in [2.05, 4.69) is 13.0 Å². The van der Waals surface area contributed by atoms with Crippen LogP contribution in [-0.2, 0) is 9.53 Å². The molecule has 0 rings (SSSR count).